The van der Waals surface area contributed by atoms with Crippen molar-refractivity contribution in [3.8, 4) is 11.1 Å². The number of azo groups is 1. The summed E-state index contributed by atoms with van der Waals surface area (Å²) in [5, 5.41) is 16.1. The fourth-order valence-electron chi connectivity index (χ4n) is 5.12. The third-order valence-electron chi connectivity index (χ3n) is 7.73. The second kappa shape index (κ2) is 17.4. The molecule has 0 aromatic heterocycles. The smallest absolute Gasteiger partial charge is 0.744 e. The van der Waals surface area contributed by atoms with Crippen LogP contribution in [0.15, 0.2) is 139 Å². The van der Waals surface area contributed by atoms with Crippen LogP contribution in [-0.4, -0.2) is 48.9 Å². The fraction of sp³-hybridized carbons (Fsp3) is 0.0286. The monoisotopic (exact) mass is 781 g/mol. The average Bonchev–Trinajstić information content (AvgIpc) is 3.11. The minimum atomic E-state index is -5.32. The summed E-state index contributed by atoms with van der Waals surface area (Å²) in [7, 11) is -10.6. The Balaban J connectivity index is 0.00000325. The summed E-state index contributed by atoms with van der Waals surface area (Å²) >= 11 is 0. The number of nitrogen functional groups attached to an aromatic ring is 1. The van der Waals surface area contributed by atoms with E-state index in [1.54, 1.807) is 73.7 Å². The van der Waals surface area contributed by atoms with Crippen LogP contribution < -0.4 is 75.7 Å². The van der Waals surface area contributed by atoms with Crippen LogP contribution in [0.3, 0.4) is 0 Å². The molecule has 0 aliphatic heterocycles. The molecule has 0 radical (unpaired) electrons. The van der Waals surface area contributed by atoms with E-state index in [1.807, 2.05) is 24.3 Å². The number of fused-ring (bicyclic) bond motifs is 1. The van der Waals surface area contributed by atoms with Crippen molar-refractivity contribution in [3.05, 3.63) is 125 Å². The van der Waals surface area contributed by atoms with Crippen molar-refractivity contribution >= 4 is 77.7 Å². The zero-order chi connectivity index (χ0) is 37.2. The fourth-order valence-corrected chi connectivity index (χ4v) is 6.42. The Bertz CT molecular complexity index is 2550. The molecule has 0 fully saturated rings. The number of nitrogens with zero attached hydrogens (tertiary/aromatic N) is 4. The molecule has 0 saturated heterocycles. The number of carbonyl (C=O) groups is 2. The molecule has 19 heteroatoms. The van der Waals surface area contributed by atoms with Gasteiger partial charge in [0.2, 0.25) is 5.78 Å². The molecule has 0 unspecified atom stereocenters. The first-order valence-corrected chi connectivity index (χ1v) is 17.9. The molecule has 0 heterocycles. The van der Waals surface area contributed by atoms with Crippen LogP contribution >= 0.6 is 0 Å². The van der Waals surface area contributed by atoms with Crippen LogP contribution in [0.2, 0.25) is 0 Å². The third-order valence-corrected chi connectivity index (χ3v) is 9.43. The van der Waals surface area contributed by atoms with Crippen molar-refractivity contribution in [2.45, 2.75) is 11.8 Å². The first-order valence-electron chi connectivity index (χ1n) is 15.1. The van der Waals surface area contributed by atoms with Gasteiger partial charge in [0, 0.05) is 0 Å². The van der Waals surface area contributed by atoms with Gasteiger partial charge in [-0.3, -0.25) is 20.4 Å². The predicted octanol–water partition coefficient (Wildman–Crippen LogP) is -0.333. The van der Waals surface area contributed by atoms with E-state index >= 15 is 0 Å². The number of anilines is 3. The molecular weight excluding hydrogens is 757 g/mol. The minimum absolute atomic E-state index is 0. The summed E-state index contributed by atoms with van der Waals surface area (Å²) in [6.07, 6.45) is 5.47. The molecule has 0 spiro atoms. The number of ketones is 2. The molecule has 0 amide bonds. The number of carbonyl (C=O) groups excluding carboxylic acids is 2. The maximum atomic E-state index is 13.6. The molecule has 0 atom stereocenters. The zero-order valence-corrected chi connectivity index (χ0v) is 34.5. The number of nitrogens with two attached hydrogens (primary N) is 1. The van der Waals surface area contributed by atoms with Crippen molar-refractivity contribution in [2.24, 2.45) is 20.4 Å². The number of benzene rings is 4. The van der Waals surface area contributed by atoms with E-state index < -0.39 is 64.0 Å². The van der Waals surface area contributed by atoms with Crippen LogP contribution in [0.5, 0.6) is 0 Å². The number of hydrazone groups is 2. The molecule has 0 saturated carbocycles. The van der Waals surface area contributed by atoms with E-state index in [2.05, 4.69) is 31.3 Å². The van der Waals surface area contributed by atoms with Gasteiger partial charge in [-0.2, -0.15) is 15.3 Å². The van der Waals surface area contributed by atoms with Crippen molar-refractivity contribution < 1.29 is 94.6 Å². The number of nitrogens with one attached hydrogen (secondary N) is 2. The van der Waals surface area contributed by atoms with Crippen LogP contribution in [0.4, 0.5) is 28.4 Å². The molecule has 4 aromatic rings. The van der Waals surface area contributed by atoms with Gasteiger partial charge in [-0.15, -0.1) is 5.11 Å². The first-order chi connectivity index (χ1) is 24.7. The third kappa shape index (κ3) is 9.63. The number of hydrogen-bond donors (Lipinski definition) is 3. The van der Waals surface area contributed by atoms with Gasteiger partial charge in [0.15, 0.2) is 5.78 Å². The molecule has 4 N–H and O–H groups in total. The van der Waals surface area contributed by atoms with Crippen molar-refractivity contribution in [2.75, 3.05) is 16.6 Å². The van der Waals surface area contributed by atoms with Crippen LogP contribution in [-0.2, 0) is 25.0 Å². The molecule has 15 nitrogen and oxygen atoms in total. The molecular formula is C35H25N7Na2O8S2. The quantitative estimate of drug-likeness (QED) is 0.0495. The predicted molar refractivity (Wildman–Crippen MR) is 193 cm³/mol. The van der Waals surface area contributed by atoms with Crippen molar-refractivity contribution in [1.82, 2.24) is 0 Å². The summed E-state index contributed by atoms with van der Waals surface area (Å²) in [5.74, 6) is -1.20. The number of para-hydroxylation sites is 1. The first kappa shape index (κ1) is 42.3. The second-order valence-corrected chi connectivity index (χ2v) is 14.0. The molecule has 262 valence electrons. The number of hydrogen-bond acceptors (Lipinski definition) is 15. The van der Waals surface area contributed by atoms with E-state index in [1.165, 1.54) is 6.08 Å². The van der Waals surface area contributed by atoms with E-state index in [4.69, 9.17) is 5.73 Å². The Morgan fingerprint density at radius 3 is 1.89 bits per heavy atom. The Morgan fingerprint density at radius 1 is 0.704 bits per heavy atom. The van der Waals surface area contributed by atoms with E-state index in [0.717, 1.165) is 17.2 Å². The Kier molecular flexibility index (Phi) is 13.6. The van der Waals surface area contributed by atoms with Gasteiger partial charge in [-0.1, -0.05) is 42.5 Å². The Hall–Kier alpha value is -4.40. The van der Waals surface area contributed by atoms with Gasteiger partial charge in [0.05, 0.1) is 43.8 Å². The normalized spacial score (nSPS) is 15.6. The summed E-state index contributed by atoms with van der Waals surface area (Å²) in [6.45, 7) is 1.71. The standard InChI is InChI=1S/C35H27N7O8S2.2Na/c1-20-17-27(15-16-28(20)43)40-37-25-11-7-21(8-12-25)22-9-13-26(14-10-22)39-41-33-29(51(45,46)47)18-23-19-30(52(48,49)50)34(35(44)31(23)32(33)36)42-38-24-5-3-2-4-6-24;;/h2-19,37-38H,36H2,1H3,(H,45,46,47)(H,48,49,50);;/q;2*+1/p-2/b40-27+,41-39?,42-34+;;. The SMILES string of the molecule is CC1=C/C(=N/Nc2ccc(-c3ccc(N=Nc4c(S(=O)(=O)[O-])cc5c(c4N)C(=O)/C(=N/Nc4ccccc4)C(S(=O)(=O)[O-])=C5)cc3)cc2)C=CC1=O.[Na+].[Na+]. The van der Waals surface area contributed by atoms with Crippen molar-refractivity contribution in [3.63, 3.8) is 0 Å². The summed E-state index contributed by atoms with van der Waals surface area (Å²) in [4.78, 5) is 23.2. The second-order valence-electron chi connectivity index (χ2n) is 11.3. The maximum absolute atomic E-state index is 13.6. The van der Waals surface area contributed by atoms with Gasteiger partial charge >= 0.3 is 59.1 Å². The molecule has 2 aliphatic carbocycles. The topological polar surface area (TPSA) is 248 Å². The van der Waals surface area contributed by atoms with Gasteiger partial charge in [-0.05, 0) is 96.0 Å². The molecule has 6 rings (SSSR count). The van der Waals surface area contributed by atoms with Gasteiger partial charge in [0.1, 0.15) is 31.6 Å². The van der Waals surface area contributed by atoms with Crippen LogP contribution in [0.25, 0.3) is 17.2 Å². The summed E-state index contributed by atoms with van der Waals surface area (Å²) in [6, 6.07) is 22.7. The van der Waals surface area contributed by atoms with E-state index in [-0.39, 0.29) is 70.6 Å². The number of rotatable bonds is 9. The van der Waals surface area contributed by atoms with Crippen molar-refractivity contribution in [1.29, 1.82) is 0 Å². The largest absolute Gasteiger partial charge is 1.00 e. The summed E-state index contributed by atoms with van der Waals surface area (Å²) in [5.41, 5.74) is 12.9. The van der Waals surface area contributed by atoms with E-state index in [9.17, 15) is 35.5 Å². The number of allylic oxidation sites excluding steroid dienone is 5. The van der Waals surface area contributed by atoms with Gasteiger partial charge < -0.3 is 14.8 Å². The Morgan fingerprint density at radius 2 is 1.30 bits per heavy atom. The van der Waals surface area contributed by atoms with Crippen LogP contribution in [0, 0.1) is 0 Å². The average molecular weight is 782 g/mol. The number of Topliss-reactive ketones (excluding diaryl/α,β-unsaturated/α-hetero) is 1. The van der Waals surface area contributed by atoms with Gasteiger partial charge in [-0.25, -0.2) is 16.8 Å². The molecule has 4 aromatic carbocycles. The minimum Gasteiger partial charge on any atom is -0.744 e. The van der Waals surface area contributed by atoms with Gasteiger partial charge in [0.25, 0.3) is 0 Å². The maximum Gasteiger partial charge on any atom is 1.00 e. The van der Waals surface area contributed by atoms with E-state index in [0.29, 0.717) is 28.7 Å². The zero-order valence-electron chi connectivity index (χ0n) is 28.8. The van der Waals surface area contributed by atoms with Crippen LogP contribution in [0.1, 0.15) is 22.8 Å². The molecule has 0 bridgehead atoms. The molecule has 54 heavy (non-hydrogen) atoms. The summed E-state index contributed by atoms with van der Waals surface area (Å²) < 4.78 is 73.3. The Labute approximate surface area is 354 Å². The molecule has 2 aliphatic rings.